The van der Waals surface area contributed by atoms with Crippen LogP contribution in [0.1, 0.15) is 25.3 Å². The lowest BCUT2D eigenvalue weighted by molar-refractivity contribution is 0.447. The summed E-state index contributed by atoms with van der Waals surface area (Å²) in [6.45, 7) is 5.61. The molecule has 2 nitrogen and oxygen atoms in total. The number of nitrogens with one attached hydrogen (secondary N) is 1. The van der Waals surface area contributed by atoms with Crippen molar-refractivity contribution >= 4 is 11.4 Å². The van der Waals surface area contributed by atoms with Crippen molar-refractivity contribution in [1.29, 1.82) is 0 Å². The number of hydrogen-bond acceptors (Lipinski definition) is 2. The van der Waals surface area contributed by atoms with E-state index in [9.17, 15) is 0 Å². The maximum absolute atomic E-state index is 3.48. The molecular weight excluding hydrogens is 256 g/mol. The summed E-state index contributed by atoms with van der Waals surface area (Å²) in [5.41, 5.74) is 3.85. The van der Waals surface area contributed by atoms with Gasteiger partial charge >= 0.3 is 0 Å². The molecular formula is C19H24N2. The molecule has 1 unspecified atom stereocenters. The minimum absolute atomic E-state index is 0.814. The van der Waals surface area contributed by atoms with Gasteiger partial charge < -0.3 is 10.2 Å². The van der Waals surface area contributed by atoms with Gasteiger partial charge in [-0.3, -0.25) is 0 Å². The third-order valence-corrected chi connectivity index (χ3v) is 4.23. The van der Waals surface area contributed by atoms with Gasteiger partial charge in [0.25, 0.3) is 0 Å². The van der Waals surface area contributed by atoms with Gasteiger partial charge in [0, 0.05) is 31.0 Å². The Morgan fingerprint density at radius 1 is 1.05 bits per heavy atom. The highest BCUT2D eigenvalue weighted by Gasteiger charge is 2.16. The van der Waals surface area contributed by atoms with Gasteiger partial charge in [-0.2, -0.15) is 0 Å². The Morgan fingerprint density at radius 2 is 1.81 bits per heavy atom. The summed E-state index contributed by atoms with van der Waals surface area (Å²) in [6.07, 6.45) is 2.68. The van der Waals surface area contributed by atoms with Crippen molar-refractivity contribution < 1.29 is 0 Å². The van der Waals surface area contributed by atoms with Gasteiger partial charge in [-0.25, -0.2) is 0 Å². The third kappa shape index (κ3) is 3.78. The lowest BCUT2D eigenvalue weighted by atomic mass is 10.00. The molecule has 2 aromatic rings. The molecule has 1 N–H and O–H groups in total. The number of piperidine rings is 1. The molecule has 21 heavy (non-hydrogen) atoms. The number of hydrogen-bond donors (Lipinski definition) is 1. The van der Waals surface area contributed by atoms with Crippen LogP contribution in [0.4, 0.5) is 11.4 Å². The standard InChI is InChI=1S/C19H24N2/c1-16-6-5-13-21(15-16)19-11-9-18(10-12-19)20-14-17-7-3-2-4-8-17/h2-4,7-12,16,20H,5-6,13-15H2,1H3. The van der Waals surface area contributed by atoms with E-state index in [1.807, 2.05) is 0 Å². The van der Waals surface area contributed by atoms with E-state index < -0.39 is 0 Å². The molecule has 2 aromatic carbocycles. The van der Waals surface area contributed by atoms with Gasteiger partial charge in [0.05, 0.1) is 0 Å². The van der Waals surface area contributed by atoms with Crippen molar-refractivity contribution in [3.63, 3.8) is 0 Å². The Kier molecular flexibility index (Phi) is 4.44. The molecule has 2 heteroatoms. The molecule has 3 rings (SSSR count). The van der Waals surface area contributed by atoms with Crippen LogP contribution in [0.15, 0.2) is 54.6 Å². The van der Waals surface area contributed by atoms with E-state index in [0.717, 1.165) is 12.5 Å². The minimum Gasteiger partial charge on any atom is -0.381 e. The average molecular weight is 280 g/mol. The van der Waals surface area contributed by atoms with E-state index >= 15 is 0 Å². The summed E-state index contributed by atoms with van der Waals surface area (Å²) >= 11 is 0. The molecule has 1 fully saturated rings. The van der Waals surface area contributed by atoms with Crippen LogP contribution in [0.5, 0.6) is 0 Å². The minimum atomic E-state index is 0.814. The lowest BCUT2D eigenvalue weighted by Gasteiger charge is -2.32. The maximum atomic E-state index is 3.48. The summed E-state index contributed by atoms with van der Waals surface area (Å²) in [7, 11) is 0. The summed E-state index contributed by atoms with van der Waals surface area (Å²) in [5.74, 6) is 0.814. The van der Waals surface area contributed by atoms with Gasteiger partial charge in [-0.15, -0.1) is 0 Å². The highest BCUT2D eigenvalue weighted by atomic mass is 15.1. The molecule has 1 aliphatic heterocycles. The van der Waals surface area contributed by atoms with Gasteiger partial charge in [0.15, 0.2) is 0 Å². The maximum Gasteiger partial charge on any atom is 0.0400 e. The quantitative estimate of drug-likeness (QED) is 0.885. The zero-order valence-electron chi connectivity index (χ0n) is 12.8. The summed E-state index contributed by atoms with van der Waals surface area (Å²) in [6, 6.07) is 19.4. The van der Waals surface area contributed by atoms with Crippen molar-refractivity contribution in [2.75, 3.05) is 23.3 Å². The smallest absolute Gasteiger partial charge is 0.0400 e. The van der Waals surface area contributed by atoms with Crippen LogP contribution in [0.2, 0.25) is 0 Å². The first-order valence-electron chi connectivity index (χ1n) is 7.94. The normalized spacial score (nSPS) is 18.5. The second-order valence-corrected chi connectivity index (χ2v) is 6.08. The van der Waals surface area contributed by atoms with E-state index in [1.54, 1.807) is 0 Å². The summed E-state index contributed by atoms with van der Waals surface area (Å²) in [5, 5.41) is 3.48. The molecule has 0 aliphatic carbocycles. The third-order valence-electron chi connectivity index (χ3n) is 4.23. The lowest BCUT2D eigenvalue weighted by Crippen LogP contribution is -2.34. The van der Waals surface area contributed by atoms with E-state index in [0.29, 0.717) is 0 Å². The molecule has 0 spiro atoms. The monoisotopic (exact) mass is 280 g/mol. The zero-order chi connectivity index (χ0) is 14.5. The molecule has 1 aliphatic rings. The summed E-state index contributed by atoms with van der Waals surface area (Å²) in [4.78, 5) is 2.51. The number of rotatable bonds is 4. The molecule has 0 bridgehead atoms. The van der Waals surface area contributed by atoms with Crippen molar-refractivity contribution in [1.82, 2.24) is 0 Å². The Hall–Kier alpha value is -1.96. The second-order valence-electron chi connectivity index (χ2n) is 6.08. The Morgan fingerprint density at radius 3 is 2.52 bits per heavy atom. The number of anilines is 2. The van der Waals surface area contributed by atoms with E-state index in [-0.39, 0.29) is 0 Å². The van der Waals surface area contributed by atoms with E-state index in [1.165, 1.54) is 42.9 Å². The van der Waals surface area contributed by atoms with Crippen LogP contribution in [0.25, 0.3) is 0 Å². The first-order valence-corrected chi connectivity index (χ1v) is 7.94. The fourth-order valence-electron chi connectivity index (χ4n) is 3.01. The predicted molar refractivity (Wildman–Crippen MR) is 90.8 cm³/mol. The highest BCUT2D eigenvalue weighted by Crippen LogP contribution is 2.24. The van der Waals surface area contributed by atoms with Crippen LogP contribution in [-0.4, -0.2) is 13.1 Å². The first kappa shape index (κ1) is 14.0. The molecule has 0 amide bonds. The fourth-order valence-corrected chi connectivity index (χ4v) is 3.01. The highest BCUT2D eigenvalue weighted by molar-refractivity contribution is 5.55. The van der Waals surface area contributed by atoms with Crippen molar-refractivity contribution in [3.05, 3.63) is 60.2 Å². The topological polar surface area (TPSA) is 15.3 Å². The van der Waals surface area contributed by atoms with Gasteiger partial charge in [-0.1, -0.05) is 37.3 Å². The number of nitrogens with zero attached hydrogens (tertiary/aromatic N) is 1. The van der Waals surface area contributed by atoms with Crippen molar-refractivity contribution in [2.24, 2.45) is 5.92 Å². The molecule has 1 atom stereocenters. The SMILES string of the molecule is CC1CCCN(c2ccc(NCc3ccccc3)cc2)C1. The molecule has 0 aromatic heterocycles. The Balaban J connectivity index is 1.59. The van der Waals surface area contributed by atoms with Crippen molar-refractivity contribution in [3.8, 4) is 0 Å². The molecule has 1 saturated heterocycles. The molecule has 1 heterocycles. The largest absolute Gasteiger partial charge is 0.381 e. The van der Waals surface area contributed by atoms with Gasteiger partial charge in [0.2, 0.25) is 0 Å². The zero-order valence-corrected chi connectivity index (χ0v) is 12.8. The number of benzene rings is 2. The van der Waals surface area contributed by atoms with Gasteiger partial charge in [-0.05, 0) is 48.6 Å². The fraction of sp³-hybridized carbons (Fsp3) is 0.368. The second kappa shape index (κ2) is 6.66. The van der Waals surface area contributed by atoms with Crippen molar-refractivity contribution in [2.45, 2.75) is 26.3 Å². The molecule has 110 valence electrons. The van der Waals surface area contributed by atoms with Crippen LogP contribution in [0, 0.1) is 5.92 Å². The van der Waals surface area contributed by atoms with E-state index in [4.69, 9.17) is 0 Å². The Labute approximate surface area is 127 Å². The molecule has 0 radical (unpaired) electrons. The Bertz CT molecular complexity index is 548. The van der Waals surface area contributed by atoms with Crippen LogP contribution < -0.4 is 10.2 Å². The first-order chi connectivity index (χ1) is 10.3. The van der Waals surface area contributed by atoms with Crippen LogP contribution in [-0.2, 0) is 6.54 Å². The van der Waals surface area contributed by atoms with Crippen LogP contribution >= 0.6 is 0 Å². The van der Waals surface area contributed by atoms with Gasteiger partial charge in [0.1, 0.15) is 0 Å². The van der Waals surface area contributed by atoms with Crippen LogP contribution in [0.3, 0.4) is 0 Å². The summed E-state index contributed by atoms with van der Waals surface area (Å²) < 4.78 is 0. The predicted octanol–water partition coefficient (Wildman–Crippen LogP) is 4.54. The molecule has 0 saturated carbocycles. The van der Waals surface area contributed by atoms with E-state index in [2.05, 4.69) is 71.7 Å². The average Bonchev–Trinajstić information content (AvgIpc) is 2.54.